The summed E-state index contributed by atoms with van der Waals surface area (Å²) in [5.41, 5.74) is 8.05. The highest BCUT2D eigenvalue weighted by Gasteiger charge is 2.17. The number of anilines is 1. The van der Waals surface area contributed by atoms with Crippen LogP contribution in [0.25, 0.3) is 21.7 Å². The van der Waals surface area contributed by atoms with Crippen molar-refractivity contribution in [3.05, 3.63) is 52.9 Å². The number of carbonyl (C=O) groups is 1. The van der Waals surface area contributed by atoms with Crippen molar-refractivity contribution < 1.29 is 14.3 Å². The Morgan fingerprint density at radius 1 is 1.28 bits per heavy atom. The summed E-state index contributed by atoms with van der Waals surface area (Å²) >= 11 is 1.40. The molecule has 29 heavy (non-hydrogen) atoms. The fourth-order valence-electron chi connectivity index (χ4n) is 2.84. The molecule has 0 saturated heterocycles. The molecule has 1 aromatic carbocycles. The molecule has 4 aromatic rings. The minimum absolute atomic E-state index is 0.443. The van der Waals surface area contributed by atoms with Crippen LogP contribution >= 0.6 is 11.3 Å². The number of rotatable bonds is 4. The fourth-order valence-corrected chi connectivity index (χ4v) is 3.60. The number of nitrogen functional groups attached to an aromatic ring is 1. The van der Waals surface area contributed by atoms with Crippen LogP contribution in [0.5, 0.6) is 0 Å². The van der Waals surface area contributed by atoms with E-state index in [-0.39, 0.29) is 0 Å². The van der Waals surface area contributed by atoms with E-state index >= 15 is 0 Å². The second-order valence-electron chi connectivity index (χ2n) is 7.42. The lowest BCUT2D eigenvalue weighted by molar-refractivity contribution is 0.0632. The van der Waals surface area contributed by atoms with Gasteiger partial charge in [-0.3, -0.25) is 4.79 Å². The Morgan fingerprint density at radius 3 is 2.62 bits per heavy atom. The van der Waals surface area contributed by atoms with Crippen molar-refractivity contribution in [3.8, 4) is 10.6 Å². The molecule has 0 fully saturated rings. The summed E-state index contributed by atoms with van der Waals surface area (Å²) < 4.78 is 7.15. The molecular formula is C21H24N4O3S. The molecule has 0 radical (unpaired) electrons. The van der Waals surface area contributed by atoms with Gasteiger partial charge in [0.25, 0.3) is 0 Å². The van der Waals surface area contributed by atoms with E-state index in [1.165, 1.54) is 11.3 Å². The van der Waals surface area contributed by atoms with E-state index in [0.717, 1.165) is 33.5 Å². The van der Waals surface area contributed by atoms with Crippen LogP contribution in [0.1, 0.15) is 35.0 Å². The quantitative estimate of drug-likeness (QED) is 0.486. The van der Waals surface area contributed by atoms with Crippen molar-refractivity contribution >= 4 is 34.6 Å². The zero-order valence-corrected chi connectivity index (χ0v) is 17.7. The van der Waals surface area contributed by atoms with Crippen molar-refractivity contribution in [3.63, 3.8) is 0 Å². The van der Waals surface area contributed by atoms with Gasteiger partial charge < -0.3 is 19.8 Å². The number of benzene rings is 1. The number of imidazole rings is 1. The molecule has 4 rings (SSSR count). The van der Waals surface area contributed by atoms with Crippen LogP contribution in [0.3, 0.4) is 0 Å². The van der Waals surface area contributed by atoms with Crippen LogP contribution in [0, 0.1) is 13.8 Å². The number of aryl methyl sites for hydroxylation is 2. The summed E-state index contributed by atoms with van der Waals surface area (Å²) in [6.07, 6.45) is 2.49. The molecule has 8 heteroatoms. The summed E-state index contributed by atoms with van der Waals surface area (Å²) in [5.74, 6) is 1.80. The maximum Gasteiger partial charge on any atom is 0.201 e. The van der Waals surface area contributed by atoms with Crippen LogP contribution in [0.4, 0.5) is 5.95 Å². The lowest BCUT2D eigenvalue weighted by Gasteiger charge is -2.19. The van der Waals surface area contributed by atoms with E-state index < -0.39 is 5.60 Å². The van der Waals surface area contributed by atoms with Gasteiger partial charge in [-0.15, -0.1) is 11.3 Å². The van der Waals surface area contributed by atoms with Crippen LogP contribution in [-0.2, 0) is 6.54 Å². The number of thiophene rings is 1. The Kier molecular flexibility index (Phi) is 5.86. The number of hydrogen-bond acceptors (Lipinski definition) is 7. The van der Waals surface area contributed by atoms with Gasteiger partial charge in [0.2, 0.25) is 5.95 Å². The Morgan fingerprint density at radius 2 is 2.03 bits per heavy atom. The molecule has 0 spiro atoms. The minimum Gasteiger partial charge on any atom is -0.440 e. The molecule has 0 aliphatic rings. The molecule has 0 aliphatic heterocycles. The minimum atomic E-state index is -0.799. The Balaban J connectivity index is 0.000000169. The Bertz CT molecular complexity index is 1130. The van der Waals surface area contributed by atoms with Gasteiger partial charge in [-0.05, 0) is 50.6 Å². The molecule has 0 saturated carbocycles. The standard InChI is InChI=1S/C12H17N3O.C9H7NO2S/c1-8-4-5-10-9(6-8)14-11(13)15(10)7-12(2,3)16;1-6-10-4-8(12-6)9-3-2-7(5-11)13-9/h4-6,16H,7H2,1-3H3,(H2,13,14);2-5H,1H3. The molecule has 3 aromatic heterocycles. The summed E-state index contributed by atoms with van der Waals surface area (Å²) in [7, 11) is 0. The highest BCUT2D eigenvalue weighted by molar-refractivity contribution is 7.16. The maximum atomic E-state index is 10.4. The fraction of sp³-hybridized carbons (Fsp3) is 0.286. The van der Waals surface area contributed by atoms with Gasteiger partial charge >= 0.3 is 0 Å². The summed E-state index contributed by atoms with van der Waals surface area (Å²) in [6.45, 7) is 7.76. The van der Waals surface area contributed by atoms with Gasteiger partial charge in [0.15, 0.2) is 17.9 Å². The van der Waals surface area contributed by atoms with E-state index in [1.54, 1.807) is 33.0 Å². The van der Waals surface area contributed by atoms with E-state index in [0.29, 0.717) is 23.3 Å². The average Bonchev–Trinajstić information content (AvgIpc) is 3.34. The first-order valence-corrected chi connectivity index (χ1v) is 9.90. The first-order valence-electron chi connectivity index (χ1n) is 9.09. The zero-order valence-electron chi connectivity index (χ0n) is 16.8. The highest BCUT2D eigenvalue weighted by Crippen LogP contribution is 2.27. The van der Waals surface area contributed by atoms with Crippen LogP contribution in [0.15, 0.2) is 40.9 Å². The predicted octanol–water partition coefficient (Wildman–Crippen LogP) is 4.22. The largest absolute Gasteiger partial charge is 0.440 e. The number of carbonyl (C=O) groups excluding carboxylic acids is 1. The van der Waals surface area contributed by atoms with Crippen LogP contribution < -0.4 is 5.73 Å². The predicted molar refractivity (Wildman–Crippen MR) is 115 cm³/mol. The number of aldehydes is 1. The number of hydrogen-bond donors (Lipinski definition) is 2. The number of fused-ring (bicyclic) bond motifs is 1. The summed E-state index contributed by atoms with van der Waals surface area (Å²) in [6, 6.07) is 9.62. The molecule has 0 atom stereocenters. The van der Waals surface area contributed by atoms with Gasteiger partial charge in [0.05, 0.1) is 39.1 Å². The van der Waals surface area contributed by atoms with Crippen LogP contribution in [0.2, 0.25) is 0 Å². The third kappa shape index (κ3) is 5.10. The third-order valence-corrected chi connectivity index (χ3v) is 5.11. The summed E-state index contributed by atoms with van der Waals surface area (Å²) in [4.78, 5) is 20.3. The summed E-state index contributed by atoms with van der Waals surface area (Å²) in [5, 5.41) is 9.82. The molecule has 0 unspecified atom stereocenters. The van der Waals surface area contributed by atoms with Crippen molar-refractivity contribution in [2.24, 2.45) is 0 Å². The van der Waals surface area contributed by atoms with Crippen LogP contribution in [-0.4, -0.2) is 31.5 Å². The number of nitrogens with zero attached hydrogens (tertiary/aromatic N) is 3. The molecule has 7 nitrogen and oxygen atoms in total. The first kappa shape index (κ1) is 20.8. The highest BCUT2D eigenvalue weighted by atomic mass is 32.1. The van der Waals surface area contributed by atoms with E-state index in [4.69, 9.17) is 10.2 Å². The monoisotopic (exact) mass is 412 g/mol. The third-order valence-electron chi connectivity index (χ3n) is 4.09. The van der Waals surface area contributed by atoms with E-state index in [2.05, 4.69) is 9.97 Å². The Labute approximate surface area is 172 Å². The van der Waals surface area contributed by atoms with Crippen molar-refractivity contribution in [1.82, 2.24) is 14.5 Å². The second-order valence-corrected chi connectivity index (χ2v) is 8.54. The van der Waals surface area contributed by atoms with E-state index in [9.17, 15) is 9.90 Å². The number of oxazole rings is 1. The normalized spacial score (nSPS) is 11.3. The molecular weight excluding hydrogens is 388 g/mol. The number of aliphatic hydroxyl groups is 1. The Hall–Kier alpha value is -2.97. The molecule has 0 amide bonds. The zero-order chi connectivity index (χ0) is 21.2. The molecule has 0 aliphatic carbocycles. The van der Waals surface area contributed by atoms with Crippen molar-refractivity contribution in [2.45, 2.75) is 39.8 Å². The molecule has 0 bridgehead atoms. The van der Waals surface area contributed by atoms with Gasteiger partial charge in [-0.1, -0.05) is 6.07 Å². The van der Waals surface area contributed by atoms with Gasteiger partial charge in [-0.25, -0.2) is 9.97 Å². The average molecular weight is 413 g/mol. The van der Waals surface area contributed by atoms with Crippen molar-refractivity contribution in [1.29, 1.82) is 0 Å². The molecule has 3 N–H and O–H groups in total. The van der Waals surface area contributed by atoms with Gasteiger partial charge in [0.1, 0.15) is 0 Å². The maximum absolute atomic E-state index is 10.4. The molecule has 3 heterocycles. The van der Waals surface area contributed by atoms with Gasteiger partial charge in [0, 0.05) is 6.92 Å². The smallest absolute Gasteiger partial charge is 0.201 e. The van der Waals surface area contributed by atoms with E-state index in [1.807, 2.05) is 35.8 Å². The number of nitrogens with two attached hydrogens (primary N) is 1. The van der Waals surface area contributed by atoms with Gasteiger partial charge in [-0.2, -0.15) is 0 Å². The lowest BCUT2D eigenvalue weighted by atomic mass is 10.1. The number of aromatic nitrogens is 3. The van der Waals surface area contributed by atoms with Crippen molar-refractivity contribution in [2.75, 3.05) is 5.73 Å². The first-order chi connectivity index (χ1) is 13.7. The second kappa shape index (κ2) is 8.18. The topological polar surface area (TPSA) is 107 Å². The molecule has 152 valence electrons. The lowest BCUT2D eigenvalue weighted by Crippen LogP contribution is -2.26. The SMILES string of the molecule is Cc1ccc2c(c1)nc(N)n2CC(C)(C)O.Cc1ncc(-c2ccc(C=O)s2)o1.